The van der Waals surface area contributed by atoms with Crippen molar-refractivity contribution in [2.24, 2.45) is 0 Å². The van der Waals surface area contributed by atoms with Crippen LogP contribution in [0.1, 0.15) is 20.8 Å². The molecule has 0 aliphatic heterocycles. The number of ether oxygens (including phenoxy) is 2. The summed E-state index contributed by atoms with van der Waals surface area (Å²) in [6.45, 7) is 5.41. The first-order valence-corrected chi connectivity index (χ1v) is 4.90. The molecule has 16 heavy (non-hydrogen) atoms. The lowest BCUT2D eigenvalue weighted by atomic mass is 10.2. The molecule has 0 bridgehead atoms. The number of anilines is 1. The molecule has 1 N–H and O–H groups in total. The van der Waals surface area contributed by atoms with Gasteiger partial charge < -0.3 is 9.47 Å². The van der Waals surface area contributed by atoms with E-state index in [4.69, 9.17) is 9.47 Å². The molecule has 1 aromatic rings. The van der Waals surface area contributed by atoms with E-state index in [1.807, 2.05) is 0 Å². The Labute approximate surface area is 94.8 Å². The molecule has 5 nitrogen and oxygen atoms in total. The summed E-state index contributed by atoms with van der Waals surface area (Å²) < 4.78 is 10.2. The highest BCUT2D eigenvalue weighted by Gasteiger charge is 2.17. The Hall–Kier alpha value is -1.78. The van der Waals surface area contributed by atoms with E-state index in [2.05, 4.69) is 10.3 Å². The minimum Gasteiger partial charge on any atom is -0.493 e. The van der Waals surface area contributed by atoms with Gasteiger partial charge in [0.25, 0.3) is 0 Å². The van der Waals surface area contributed by atoms with Gasteiger partial charge in [-0.05, 0) is 26.8 Å². The second-order valence-electron chi connectivity index (χ2n) is 4.20. The van der Waals surface area contributed by atoms with Crippen LogP contribution in [0, 0.1) is 0 Å². The van der Waals surface area contributed by atoms with Gasteiger partial charge >= 0.3 is 6.09 Å². The van der Waals surface area contributed by atoms with Gasteiger partial charge in [-0.1, -0.05) is 0 Å². The fraction of sp³-hybridized carbons (Fsp3) is 0.455. The van der Waals surface area contributed by atoms with Crippen molar-refractivity contribution in [3.05, 3.63) is 18.5 Å². The smallest absolute Gasteiger partial charge is 0.412 e. The summed E-state index contributed by atoms with van der Waals surface area (Å²) >= 11 is 0. The van der Waals surface area contributed by atoms with Gasteiger partial charge in [-0.2, -0.15) is 0 Å². The number of nitrogens with zero attached hydrogens (tertiary/aromatic N) is 1. The van der Waals surface area contributed by atoms with E-state index >= 15 is 0 Å². The SMILES string of the molecule is COc1cnccc1NC(=O)OC(C)(C)C. The Bertz CT molecular complexity index is 372. The molecule has 0 radical (unpaired) electrons. The summed E-state index contributed by atoms with van der Waals surface area (Å²) in [4.78, 5) is 15.4. The van der Waals surface area contributed by atoms with Gasteiger partial charge in [-0.3, -0.25) is 10.3 Å². The highest BCUT2D eigenvalue weighted by molar-refractivity contribution is 5.86. The molecule has 1 rings (SSSR count). The third-order valence-corrected chi connectivity index (χ3v) is 1.64. The summed E-state index contributed by atoms with van der Waals surface area (Å²) in [5.41, 5.74) is 0.0106. The monoisotopic (exact) mass is 224 g/mol. The van der Waals surface area contributed by atoms with E-state index in [0.717, 1.165) is 0 Å². The summed E-state index contributed by atoms with van der Waals surface area (Å²) in [5.74, 6) is 0.494. The van der Waals surface area contributed by atoms with Crippen molar-refractivity contribution < 1.29 is 14.3 Å². The summed E-state index contributed by atoms with van der Waals surface area (Å²) in [6.07, 6.45) is 2.57. The van der Waals surface area contributed by atoms with Crippen molar-refractivity contribution in [1.82, 2.24) is 4.98 Å². The largest absolute Gasteiger partial charge is 0.493 e. The van der Waals surface area contributed by atoms with Crippen molar-refractivity contribution in [3.63, 3.8) is 0 Å². The van der Waals surface area contributed by atoms with E-state index in [-0.39, 0.29) is 0 Å². The first-order valence-electron chi connectivity index (χ1n) is 4.90. The second kappa shape index (κ2) is 4.83. The fourth-order valence-corrected chi connectivity index (χ4v) is 1.06. The van der Waals surface area contributed by atoms with Crippen molar-refractivity contribution in [2.45, 2.75) is 26.4 Å². The van der Waals surface area contributed by atoms with E-state index < -0.39 is 11.7 Å². The molecule has 0 fully saturated rings. The Morgan fingerprint density at radius 1 is 1.44 bits per heavy atom. The predicted octanol–water partition coefficient (Wildman–Crippen LogP) is 2.44. The number of rotatable bonds is 2. The van der Waals surface area contributed by atoms with E-state index in [0.29, 0.717) is 11.4 Å². The average molecular weight is 224 g/mol. The number of carbonyl (C=O) groups is 1. The number of methoxy groups -OCH3 is 1. The number of hydrogen-bond acceptors (Lipinski definition) is 4. The van der Waals surface area contributed by atoms with E-state index in [1.165, 1.54) is 13.3 Å². The molecule has 0 unspecified atom stereocenters. The van der Waals surface area contributed by atoms with Crippen LogP contribution in [-0.4, -0.2) is 23.8 Å². The molecule has 1 amide bonds. The standard InChI is InChI=1S/C11H16N2O3/c1-11(2,3)16-10(14)13-8-5-6-12-7-9(8)15-4/h5-7H,1-4H3,(H,12,13,14). The van der Waals surface area contributed by atoms with Crippen molar-refractivity contribution in [3.8, 4) is 5.75 Å². The number of hydrogen-bond donors (Lipinski definition) is 1. The normalized spacial score (nSPS) is 10.8. The van der Waals surface area contributed by atoms with Crippen LogP contribution in [0.4, 0.5) is 10.5 Å². The molecule has 1 heterocycles. The van der Waals surface area contributed by atoms with Crippen LogP contribution < -0.4 is 10.1 Å². The van der Waals surface area contributed by atoms with Crippen LogP contribution in [0.3, 0.4) is 0 Å². The number of pyridine rings is 1. The fourth-order valence-electron chi connectivity index (χ4n) is 1.06. The summed E-state index contributed by atoms with van der Waals surface area (Å²) in [5, 5.41) is 2.59. The molecule has 0 saturated heterocycles. The summed E-state index contributed by atoms with van der Waals surface area (Å²) in [6, 6.07) is 1.64. The Morgan fingerprint density at radius 2 is 2.12 bits per heavy atom. The highest BCUT2D eigenvalue weighted by atomic mass is 16.6. The predicted molar refractivity (Wildman–Crippen MR) is 60.6 cm³/mol. The maximum Gasteiger partial charge on any atom is 0.412 e. The second-order valence-corrected chi connectivity index (χ2v) is 4.20. The van der Waals surface area contributed by atoms with Crippen molar-refractivity contribution in [1.29, 1.82) is 0 Å². The maximum atomic E-state index is 11.5. The third-order valence-electron chi connectivity index (χ3n) is 1.64. The first kappa shape index (κ1) is 12.3. The molecule has 88 valence electrons. The molecule has 0 aliphatic carbocycles. The molecular formula is C11H16N2O3. The van der Waals surface area contributed by atoms with Crippen LogP contribution in [0.2, 0.25) is 0 Å². The van der Waals surface area contributed by atoms with Crippen LogP contribution in [0.15, 0.2) is 18.5 Å². The molecule has 0 atom stereocenters. The number of amides is 1. The van der Waals surface area contributed by atoms with Crippen molar-refractivity contribution >= 4 is 11.8 Å². The van der Waals surface area contributed by atoms with Crippen LogP contribution in [0.25, 0.3) is 0 Å². The van der Waals surface area contributed by atoms with E-state index in [1.54, 1.807) is 33.0 Å². The Balaban J connectivity index is 2.70. The molecule has 0 aromatic carbocycles. The van der Waals surface area contributed by atoms with Gasteiger partial charge in [0.05, 0.1) is 19.0 Å². The first-order chi connectivity index (χ1) is 7.42. The lowest BCUT2D eigenvalue weighted by molar-refractivity contribution is 0.0635. The molecule has 0 spiro atoms. The topological polar surface area (TPSA) is 60.5 Å². The highest BCUT2D eigenvalue weighted by Crippen LogP contribution is 2.22. The van der Waals surface area contributed by atoms with Gasteiger partial charge in [-0.15, -0.1) is 0 Å². The zero-order valence-corrected chi connectivity index (χ0v) is 9.90. The van der Waals surface area contributed by atoms with Crippen molar-refractivity contribution in [2.75, 3.05) is 12.4 Å². The lowest BCUT2D eigenvalue weighted by Crippen LogP contribution is -2.27. The number of nitrogens with one attached hydrogen (secondary N) is 1. The minimum absolute atomic E-state index is 0.494. The number of carbonyl (C=O) groups excluding carboxylic acids is 1. The van der Waals surface area contributed by atoms with E-state index in [9.17, 15) is 4.79 Å². The van der Waals surface area contributed by atoms with Crippen LogP contribution in [0.5, 0.6) is 5.75 Å². The minimum atomic E-state index is -0.523. The van der Waals surface area contributed by atoms with Gasteiger partial charge in [0.15, 0.2) is 5.75 Å². The quantitative estimate of drug-likeness (QED) is 0.838. The summed E-state index contributed by atoms with van der Waals surface area (Å²) in [7, 11) is 1.51. The maximum absolute atomic E-state index is 11.5. The Morgan fingerprint density at radius 3 is 2.69 bits per heavy atom. The lowest BCUT2D eigenvalue weighted by Gasteiger charge is -2.20. The van der Waals surface area contributed by atoms with Crippen LogP contribution >= 0.6 is 0 Å². The Kier molecular flexibility index (Phi) is 3.71. The van der Waals surface area contributed by atoms with Gasteiger partial charge in [0.2, 0.25) is 0 Å². The zero-order chi connectivity index (χ0) is 12.2. The molecule has 5 heteroatoms. The number of aromatic nitrogens is 1. The molecular weight excluding hydrogens is 208 g/mol. The zero-order valence-electron chi connectivity index (χ0n) is 9.90. The van der Waals surface area contributed by atoms with Gasteiger partial charge in [0, 0.05) is 6.20 Å². The van der Waals surface area contributed by atoms with Crippen LogP contribution in [-0.2, 0) is 4.74 Å². The van der Waals surface area contributed by atoms with Gasteiger partial charge in [-0.25, -0.2) is 4.79 Å². The molecule has 0 saturated carbocycles. The van der Waals surface area contributed by atoms with Gasteiger partial charge in [0.1, 0.15) is 5.60 Å². The average Bonchev–Trinajstić information content (AvgIpc) is 2.15. The molecule has 0 aliphatic rings. The molecule has 1 aromatic heterocycles. The third kappa shape index (κ3) is 3.76.